The fraction of sp³-hybridized carbons (Fsp3) is 0.538. The first-order valence-electron chi connectivity index (χ1n) is 5.69. The van der Waals surface area contributed by atoms with E-state index >= 15 is 0 Å². The van der Waals surface area contributed by atoms with Crippen LogP contribution in [-0.2, 0) is 12.8 Å². The van der Waals surface area contributed by atoms with Gasteiger partial charge in [0.25, 0.3) is 0 Å². The molecule has 0 spiro atoms. The summed E-state index contributed by atoms with van der Waals surface area (Å²) in [5, 5.41) is 3.50. The molecular formula is C13H17N. The maximum atomic E-state index is 3.50. The third-order valence-electron chi connectivity index (χ3n) is 3.71. The van der Waals surface area contributed by atoms with Crippen molar-refractivity contribution >= 4 is 0 Å². The molecule has 1 N–H and O–H groups in total. The van der Waals surface area contributed by atoms with Gasteiger partial charge in [0.05, 0.1) is 0 Å². The van der Waals surface area contributed by atoms with Crippen LogP contribution in [0, 0.1) is 5.92 Å². The molecule has 1 heterocycles. The Balaban J connectivity index is 1.92. The Morgan fingerprint density at radius 3 is 2.79 bits per heavy atom. The summed E-state index contributed by atoms with van der Waals surface area (Å²) in [7, 11) is 0. The first-order valence-corrected chi connectivity index (χ1v) is 5.69. The topological polar surface area (TPSA) is 12.0 Å². The van der Waals surface area contributed by atoms with Gasteiger partial charge in [-0.05, 0) is 41.9 Å². The van der Waals surface area contributed by atoms with Gasteiger partial charge in [-0.15, -0.1) is 0 Å². The summed E-state index contributed by atoms with van der Waals surface area (Å²) in [4.78, 5) is 0. The van der Waals surface area contributed by atoms with Crippen LogP contribution in [0.2, 0.25) is 0 Å². The number of rotatable bonds is 1. The Hall–Kier alpha value is -0.820. The second-order valence-electron chi connectivity index (χ2n) is 4.74. The van der Waals surface area contributed by atoms with Crippen LogP contribution in [0.3, 0.4) is 0 Å². The minimum Gasteiger partial charge on any atom is -0.309 e. The monoisotopic (exact) mass is 187 g/mol. The van der Waals surface area contributed by atoms with Crippen molar-refractivity contribution in [1.82, 2.24) is 5.32 Å². The molecule has 1 nitrogen and oxygen atoms in total. The lowest BCUT2D eigenvalue weighted by atomic mass is 9.86. The highest BCUT2D eigenvalue weighted by atomic mass is 15.0. The average molecular weight is 187 g/mol. The van der Waals surface area contributed by atoms with Gasteiger partial charge >= 0.3 is 0 Å². The van der Waals surface area contributed by atoms with E-state index in [2.05, 4.69) is 30.4 Å². The van der Waals surface area contributed by atoms with Crippen LogP contribution in [0.4, 0.5) is 0 Å². The van der Waals surface area contributed by atoms with Gasteiger partial charge in [-0.1, -0.05) is 25.1 Å². The summed E-state index contributed by atoms with van der Waals surface area (Å²) in [5.74, 6) is 0.814. The van der Waals surface area contributed by atoms with Crippen LogP contribution in [0.1, 0.15) is 36.1 Å². The lowest BCUT2D eigenvalue weighted by molar-refractivity contribution is 0.258. The normalized spacial score (nSPS) is 29.8. The molecule has 1 heteroatoms. The highest BCUT2D eigenvalue weighted by molar-refractivity contribution is 5.37. The van der Waals surface area contributed by atoms with Crippen molar-refractivity contribution in [3.63, 3.8) is 0 Å². The summed E-state index contributed by atoms with van der Waals surface area (Å²) in [6.45, 7) is 3.51. The Labute approximate surface area is 85.5 Å². The first-order chi connectivity index (χ1) is 6.84. The van der Waals surface area contributed by atoms with Crippen LogP contribution in [0.15, 0.2) is 18.2 Å². The number of nitrogens with one attached hydrogen (secondary N) is 1. The van der Waals surface area contributed by atoms with Crippen molar-refractivity contribution in [2.24, 2.45) is 5.92 Å². The molecule has 0 aromatic heterocycles. The van der Waals surface area contributed by atoms with Crippen LogP contribution < -0.4 is 5.32 Å². The van der Waals surface area contributed by atoms with E-state index in [1.54, 1.807) is 11.1 Å². The zero-order valence-corrected chi connectivity index (χ0v) is 8.72. The predicted molar refractivity (Wildman–Crippen MR) is 58.4 cm³/mol. The van der Waals surface area contributed by atoms with Crippen molar-refractivity contribution < 1.29 is 0 Å². The van der Waals surface area contributed by atoms with E-state index in [0.29, 0.717) is 6.04 Å². The van der Waals surface area contributed by atoms with Crippen molar-refractivity contribution in [2.45, 2.75) is 32.2 Å². The van der Waals surface area contributed by atoms with E-state index in [-0.39, 0.29) is 0 Å². The number of fused-ring (bicyclic) bond motifs is 1. The molecule has 0 saturated carbocycles. The van der Waals surface area contributed by atoms with Gasteiger partial charge < -0.3 is 5.32 Å². The third kappa shape index (κ3) is 1.19. The fourth-order valence-electron chi connectivity index (χ4n) is 2.70. The lowest BCUT2D eigenvalue weighted by Gasteiger charge is -2.36. The molecule has 0 amide bonds. The molecular weight excluding hydrogens is 170 g/mol. The Morgan fingerprint density at radius 1 is 1.21 bits per heavy atom. The van der Waals surface area contributed by atoms with Gasteiger partial charge in [0.1, 0.15) is 0 Å². The highest BCUT2D eigenvalue weighted by Gasteiger charge is 2.27. The third-order valence-corrected chi connectivity index (χ3v) is 3.71. The van der Waals surface area contributed by atoms with Crippen LogP contribution in [-0.4, -0.2) is 6.54 Å². The van der Waals surface area contributed by atoms with E-state index in [4.69, 9.17) is 0 Å². The second kappa shape index (κ2) is 3.09. The average Bonchev–Trinajstić information content (AvgIpc) is 2.62. The Kier molecular flexibility index (Phi) is 1.88. The smallest absolute Gasteiger partial charge is 0.0358 e. The number of aryl methyl sites for hydroxylation is 2. The Morgan fingerprint density at radius 2 is 2.07 bits per heavy atom. The Bertz CT molecular complexity index is 356. The highest BCUT2D eigenvalue weighted by Crippen LogP contribution is 2.32. The summed E-state index contributed by atoms with van der Waals surface area (Å²) >= 11 is 0. The summed E-state index contributed by atoms with van der Waals surface area (Å²) in [5.41, 5.74) is 4.69. The quantitative estimate of drug-likeness (QED) is 0.712. The van der Waals surface area contributed by atoms with E-state index in [1.807, 2.05) is 0 Å². The summed E-state index contributed by atoms with van der Waals surface area (Å²) < 4.78 is 0. The molecule has 2 unspecified atom stereocenters. The molecule has 0 bridgehead atoms. The van der Waals surface area contributed by atoms with Crippen molar-refractivity contribution in [3.8, 4) is 0 Å². The van der Waals surface area contributed by atoms with Gasteiger partial charge in [0.2, 0.25) is 0 Å². The van der Waals surface area contributed by atoms with Crippen molar-refractivity contribution in [3.05, 3.63) is 34.9 Å². The maximum absolute atomic E-state index is 3.50. The van der Waals surface area contributed by atoms with Gasteiger partial charge in [-0.3, -0.25) is 0 Å². The van der Waals surface area contributed by atoms with Crippen molar-refractivity contribution in [2.75, 3.05) is 6.54 Å². The molecule has 2 aliphatic rings. The standard InChI is InChI=1S/C13H17N/c1-9-8-14-13(9)12-6-5-10-3-2-4-11(10)7-12/h5-7,9,13-14H,2-4,8H2,1H3. The summed E-state index contributed by atoms with van der Waals surface area (Å²) in [6.07, 6.45) is 3.94. The second-order valence-corrected chi connectivity index (χ2v) is 4.74. The molecule has 3 rings (SSSR count). The van der Waals surface area contributed by atoms with Crippen LogP contribution in [0.25, 0.3) is 0 Å². The first kappa shape index (κ1) is 8.49. The van der Waals surface area contributed by atoms with Gasteiger partial charge in [0, 0.05) is 12.6 Å². The SMILES string of the molecule is CC1CNC1c1ccc2c(c1)CCC2. The zero-order valence-electron chi connectivity index (χ0n) is 8.72. The molecule has 0 radical (unpaired) electrons. The molecule has 1 aromatic rings. The molecule has 2 atom stereocenters. The van der Waals surface area contributed by atoms with Crippen LogP contribution in [0.5, 0.6) is 0 Å². The predicted octanol–water partition coefficient (Wildman–Crippen LogP) is 2.46. The minimum atomic E-state index is 0.626. The van der Waals surface area contributed by atoms with E-state index < -0.39 is 0 Å². The van der Waals surface area contributed by atoms with Gasteiger partial charge in [-0.2, -0.15) is 0 Å². The zero-order chi connectivity index (χ0) is 9.54. The molecule has 14 heavy (non-hydrogen) atoms. The van der Waals surface area contributed by atoms with E-state index in [1.165, 1.54) is 31.4 Å². The van der Waals surface area contributed by atoms with Crippen LogP contribution >= 0.6 is 0 Å². The summed E-state index contributed by atoms with van der Waals surface area (Å²) in [6, 6.07) is 7.71. The van der Waals surface area contributed by atoms with E-state index in [9.17, 15) is 0 Å². The molecule has 1 aliphatic carbocycles. The molecule has 1 aliphatic heterocycles. The van der Waals surface area contributed by atoms with Crippen molar-refractivity contribution in [1.29, 1.82) is 0 Å². The molecule has 74 valence electrons. The number of hydrogen-bond donors (Lipinski definition) is 1. The van der Waals surface area contributed by atoms with Gasteiger partial charge in [0.15, 0.2) is 0 Å². The largest absolute Gasteiger partial charge is 0.309 e. The van der Waals surface area contributed by atoms with Gasteiger partial charge in [-0.25, -0.2) is 0 Å². The van der Waals surface area contributed by atoms with E-state index in [0.717, 1.165) is 5.92 Å². The lowest BCUT2D eigenvalue weighted by Crippen LogP contribution is -2.43. The molecule has 1 aromatic carbocycles. The number of benzene rings is 1. The molecule has 1 saturated heterocycles. The fourth-order valence-corrected chi connectivity index (χ4v) is 2.70. The number of hydrogen-bond acceptors (Lipinski definition) is 1. The maximum Gasteiger partial charge on any atom is 0.0358 e. The minimum absolute atomic E-state index is 0.626. The molecule has 1 fully saturated rings.